The minimum absolute atomic E-state index is 0.0608. The summed E-state index contributed by atoms with van der Waals surface area (Å²) in [4.78, 5) is 6.85. The Morgan fingerprint density at radius 3 is 3.15 bits per heavy atom. The Kier molecular flexibility index (Phi) is 3.77. The van der Waals surface area contributed by atoms with Gasteiger partial charge in [0.05, 0.1) is 24.7 Å². The molecule has 0 radical (unpaired) electrons. The minimum atomic E-state index is 0.0608. The van der Waals surface area contributed by atoms with Crippen LogP contribution in [0.4, 0.5) is 0 Å². The zero-order valence-corrected chi connectivity index (χ0v) is 12.0. The molecule has 2 aliphatic heterocycles. The van der Waals surface area contributed by atoms with Crippen molar-refractivity contribution in [1.29, 1.82) is 5.26 Å². The van der Waals surface area contributed by atoms with E-state index in [9.17, 15) is 0 Å². The first kappa shape index (κ1) is 13.2. The van der Waals surface area contributed by atoms with E-state index in [1.165, 1.54) is 25.7 Å². The molecule has 1 saturated heterocycles. The Hall–Kier alpha value is -1.76. The van der Waals surface area contributed by atoms with Crippen molar-refractivity contribution in [3.63, 3.8) is 0 Å². The van der Waals surface area contributed by atoms with Gasteiger partial charge in [-0.2, -0.15) is 5.26 Å². The molecule has 106 valence electrons. The molecule has 2 heterocycles. The van der Waals surface area contributed by atoms with Gasteiger partial charge >= 0.3 is 0 Å². The van der Waals surface area contributed by atoms with Gasteiger partial charge in [0.2, 0.25) is 0 Å². The Bertz CT molecular complexity index is 500. The maximum Gasteiger partial charge on any atom is 0.289 e. The van der Waals surface area contributed by atoms with E-state index in [2.05, 4.69) is 29.0 Å². The first-order valence-electron chi connectivity index (χ1n) is 7.63. The van der Waals surface area contributed by atoms with Crippen LogP contribution in [-0.4, -0.2) is 35.7 Å². The predicted octanol–water partition coefficient (Wildman–Crippen LogP) is 2.78. The topological polar surface area (TPSA) is 48.6 Å². The number of nitrogens with zero attached hydrogens (tertiary/aromatic N) is 3. The molecule has 1 aliphatic carbocycles. The van der Waals surface area contributed by atoms with Gasteiger partial charge in [-0.25, -0.2) is 4.99 Å². The summed E-state index contributed by atoms with van der Waals surface area (Å²) in [5, 5.41) is 8.93. The van der Waals surface area contributed by atoms with Crippen LogP contribution >= 0.6 is 0 Å². The average molecular weight is 271 g/mol. The molecule has 3 atom stereocenters. The second-order valence-corrected chi connectivity index (χ2v) is 5.73. The molecule has 1 fully saturated rings. The molecule has 0 aromatic rings. The second kappa shape index (κ2) is 5.70. The number of ether oxygens (including phenoxy) is 1. The number of rotatable bonds is 5. The van der Waals surface area contributed by atoms with Gasteiger partial charge < -0.3 is 9.64 Å². The summed E-state index contributed by atoms with van der Waals surface area (Å²) in [5.74, 6) is 0. The molecule has 3 unspecified atom stereocenters. The van der Waals surface area contributed by atoms with Crippen molar-refractivity contribution < 1.29 is 4.74 Å². The molecule has 3 aliphatic rings. The molecular formula is C16H21N3O. The van der Waals surface area contributed by atoms with Crippen molar-refractivity contribution >= 4 is 6.02 Å². The molecule has 3 rings (SSSR count). The van der Waals surface area contributed by atoms with Crippen molar-refractivity contribution in [2.24, 2.45) is 4.99 Å². The summed E-state index contributed by atoms with van der Waals surface area (Å²) >= 11 is 0. The summed E-state index contributed by atoms with van der Waals surface area (Å²) in [6, 6.07) is 3.27. The van der Waals surface area contributed by atoms with Gasteiger partial charge in [0, 0.05) is 5.57 Å². The highest BCUT2D eigenvalue weighted by Gasteiger charge is 2.42. The van der Waals surface area contributed by atoms with Gasteiger partial charge in [0.1, 0.15) is 6.10 Å². The van der Waals surface area contributed by atoms with Crippen LogP contribution in [-0.2, 0) is 4.74 Å². The molecule has 4 heteroatoms. The van der Waals surface area contributed by atoms with E-state index in [-0.39, 0.29) is 12.1 Å². The Labute approximate surface area is 120 Å². The van der Waals surface area contributed by atoms with Crippen LogP contribution in [0.1, 0.15) is 39.0 Å². The third-order valence-corrected chi connectivity index (χ3v) is 4.22. The van der Waals surface area contributed by atoms with Gasteiger partial charge in [-0.3, -0.25) is 0 Å². The van der Waals surface area contributed by atoms with Gasteiger partial charge in [-0.1, -0.05) is 32.3 Å². The standard InChI is InChI=1S/C16H21N3O/c1-2-3-4-5-6-13-11-19-15-8-7-12(10-17)9-14(15)18-16(19)20-13/h7-9,13-15H,2-6,11H2,1H3. The average Bonchev–Trinajstić information content (AvgIpc) is 2.99. The number of unbranched alkanes of at least 4 members (excludes halogenated alkanes) is 3. The molecule has 0 saturated carbocycles. The summed E-state index contributed by atoms with van der Waals surface area (Å²) in [6.07, 6.45) is 12.5. The number of allylic oxidation sites excluding steroid dienone is 2. The highest BCUT2D eigenvalue weighted by Crippen LogP contribution is 2.31. The summed E-state index contributed by atoms with van der Waals surface area (Å²) in [7, 11) is 0. The van der Waals surface area contributed by atoms with Crippen LogP contribution in [0.2, 0.25) is 0 Å². The molecule has 0 amide bonds. The first-order valence-corrected chi connectivity index (χ1v) is 7.63. The lowest BCUT2D eigenvalue weighted by Gasteiger charge is -2.23. The number of amidine groups is 1. The van der Waals surface area contributed by atoms with E-state index in [4.69, 9.17) is 10.00 Å². The third kappa shape index (κ3) is 2.45. The van der Waals surface area contributed by atoms with Gasteiger partial charge in [-0.15, -0.1) is 0 Å². The molecule has 0 aromatic carbocycles. The van der Waals surface area contributed by atoms with Gasteiger partial charge in [-0.05, 0) is 25.0 Å². The van der Waals surface area contributed by atoms with Crippen LogP contribution in [0.5, 0.6) is 0 Å². The monoisotopic (exact) mass is 271 g/mol. The number of aliphatic imine (C=N–C) groups is 1. The smallest absolute Gasteiger partial charge is 0.289 e. The largest absolute Gasteiger partial charge is 0.460 e. The summed E-state index contributed by atoms with van der Waals surface area (Å²) < 4.78 is 5.96. The highest BCUT2D eigenvalue weighted by molar-refractivity contribution is 5.80. The Morgan fingerprint density at radius 1 is 1.45 bits per heavy atom. The van der Waals surface area contributed by atoms with Crippen LogP contribution in [0.15, 0.2) is 28.8 Å². The normalized spacial score (nSPS) is 30.2. The molecule has 0 bridgehead atoms. The zero-order valence-electron chi connectivity index (χ0n) is 12.0. The van der Waals surface area contributed by atoms with Crippen LogP contribution in [0.3, 0.4) is 0 Å². The predicted molar refractivity (Wildman–Crippen MR) is 78.2 cm³/mol. The van der Waals surface area contributed by atoms with Gasteiger partial charge in [0.25, 0.3) is 6.02 Å². The lowest BCUT2D eigenvalue weighted by atomic mass is 9.98. The fraction of sp³-hybridized carbons (Fsp3) is 0.625. The quantitative estimate of drug-likeness (QED) is 0.722. The summed E-state index contributed by atoms with van der Waals surface area (Å²) in [5.41, 5.74) is 0.702. The van der Waals surface area contributed by atoms with Crippen LogP contribution in [0.25, 0.3) is 0 Å². The highest BCUT2D eigenvalue weighted by atomic mass is 16.5. The second-order valence-electron chi connectivity index (χ2n) is 5.73. The SMILES string of the molecule is CCCCCCC1CN2C(=NC3C=C(C#N)C=CC32)O1. The minimum Gasteiger partial charge on any atom is -0.460 e. The Morgan fingerprint density at radius 2 is 2.35 bits per heavy atom. The van der Waals surface area contributed by atoms with E-state index >= 15 is 0 Å². The maximum atomic E-state index is 8.93. The number of hydrogen-bond acceptors (Lipinski definition) is 4. The third-order valence-electron chi connectivity index (χ3n) is 4.22. The molecule has 0 aromatic heterocycles. The number of fused-ring (bicyclic) bond motifs is 3. The van der Waals surface area contributed by atoms with Crippen molar-refractivity contribution in [1.82, 2.24) is 4.90 Å². The van der Waals surface area contributed by atoms with E-state index in [1.807, 2.05) is 12.2 Å². The van der Waals surface area contributed by atoms with Crippen molar-refractivity contribution in [2.45, 2.75) is 57.2 Å². The molecule has 0 N–H and O–H groups in total. The van der Waals surface area contributed by atoms with E-state index in [0.29, 0.717) is 11.7 Å². The Balaban J connectivity index is 1.57. The lowest BCUT2D eigenvalue weighted by Crippen LogP contribution is -2.37. The first-order chi connectivity index (χ1) is 9.81. The van der Waals surface area contributed by atoms with Crippen LogP contribution < -0.4 is 0 Å². The van der Waals surface area contributed by atoms with Crippen LogP contribution in [0, 0.1) is 11.3 Å². The molecule has 20 heavy (non-hydrogen) atoms. The summed E-state index contributed by atoms with van der Waals surface area (Å²) in [6.45, 7) is 3.17. The van der Waals surface area contributed by atoms with Crippen molar-refractivity contribution in [3.05, 3.63) is 23.8 Å². The zero-order chi connectivity index (χ0) is 13.9. The molecule has 4 nitrogen and oxygen atoms in total. The fourth-order valence-corrected chi connectivity index (χ4v) is 3.11. The molecule has 0 spiro atoms. The number of hydrogen-bond donors (Lipinski definition) is 0. The van der Waals surface area contributed by atoms with Gasteiger partial charge in [0.15, 0.2) is 0 Å². The van der Waals surface area contributed by atoms with E-state index in [1.54, 1.807) is 0 Å². The van der Waals surface area contributed by atoms with Crippen molar-refractivity contribution in [2.75, 3.05) is 6.54 Å². The van der Waals surface area contributed by atoms with E-state index in [0.717, 1.165) is 19.0 Å². The van der Waals surface area contributed by atoms with Crippen molar-refractivity contribution in [3.8, 4) is 6.07 Å². The lowest BCUT2D eigenvalue weighted by molar-refractivity contribution is 0.208. The maximum absolute atomic E-state index is 8.93. The number of nitriles is 1. The molecular weight excluding hydrogens is 250 g/mol. The van der Waals surface area contributed by atoms with E-state index < -0.39 is 0 Å². The fourth-order valence-electron chi connectivity index (χ4n) is 3.11.